The summed E-state index contributed by atoms with van der Waals surface area (Å²) in [6.45, 7) is 1.83. The molecule has 192 valence electrons. The molecule has 0 aromatic heterocycles. The molecule has 3 aromatic rings. The lowest BCUT2D eigenvalue weighted by Crippen LogP contribution is -2.47. The van der Waals surface area contributed by atoms with Gasteiger partial charge in [-0.25, -0.2) is 0 Å². The van der Waals surface area contributed by atoms with Crippen LogP contribution in [0.2, 0.25) is 0 Å². The molecule has 0 radical (unpaired) electrons. The number of fused-ring (bicyclic) bond motifs is 3. The van der Waals surface area contributed by atoms with Gasteiger partial charge in [-0.15, -0.1) is 0 Å². The lowest BCUT2D eigenvalue weighted by molar-refractivity contribution is -0.152. The minimum atomic E-state index is -1.67. The third kappa shape index (κ3) is 4.05. The summed E-state index contributed by atoms with van der Waals surface area (Å²) in [5.74, 6) is -1.06. The number of carbonyl (C=O) groups is 2. The zero-order valence-electron chi connectivity index (χ0n) is 20.7. The van der Waals surface area contributed by atoms with E-state index in [2.05, 4.69) is 37.9 Å². The van der Waals surface area contributed by atoms with Crippen molar-refractivity contribution in [3.63, 3.8) is 0 Å². The highest BCUT2D eigenvalue weighted by atomic mass is 79.9. The van der Waals surface area contributed by atoms with Crippen LogP contribution >= 0.6 is 31.9 Å². The number of nitrogens with zero attached hydrogens (tertiary/aromatic N) is 2. The second-order valence-corrected chi connectivity index (χ2v) is 10.9. The van der Waals surface area contributed by atoms with E-state index in [1.807, 2.05) is 65.6 Å². The number of nitriles is 1. The first kappa shape index (κ1) is 26.2. The predicted molar refractivity (Wildman–Crippen MR) is 152 cm³/mol. The van der Waals surface area contributed by atoms with Gasteiger partial charge in [0.1, 0.15) is 11.8 Å². The van der Waals surface area contributed by atoms with Crippen molar-refractivity contribution in [1.29, 1.82) is 5.26 Å². The fourth-order valence-electron chi connectivity index (χ4n) is 5.65. The summed E-state index contributed by atoms with van der Waals surface area (Å²) in [5.41, 5.74) is 1.17. The van der Waals surface area contributed by atoms with Crippen LogP contribution in [0, 0.1) is 16.7 Å². The number of ketones is 1. The van der Waals surface area contributed by atoms with Gasteiger partial charge in [-0.1, -0.05) is 58.4 Å². The van der Waals surface area contributed by atoms with Crippen molar-refractivity contribution in [3.8, 4) is 11.8 Å². The summed E-state index contributed by atoms with van der Waals surface area (Å²) in [7, 11) is 1.56. The average molecular weight is 636 g/mol. The van der Waals surface area contributed by atoms with Gasteiger partial charge in [0.25, 0.3) is 0 Å². The average Bonchev–Trinajstić information content (AvgIpc) is 3.25. The largest absolute Gasteiger partial charge is 0.496 e. The summed E-state index contributed by atoms with van der Waals surface area (Å²) < 4.78 is 12.4. The van der Waals surface area contributed by atoms with Crippen LogP contribution in [0.25, 0.3) is 6.08 Å². The van der Waals surface area contributed by atoms with Gasteiger partial charge in [0.2, 0.25) is 0 Å². The first-order chi connectivity index (χ1) is 18.4. The summed E-state index contributed by atoms with van der Waals surface area (Å²) >= 11 is 6.97. The number of hydrogen-bond acceptors (Lipinski definition) is 6. The van der Waals surface area contributed by atoms with Crippen molar-refractivity contribution in [2.45, 2.75) is 24.9 Å². The molecule has 0 bridgehead atoms. The summed E-state index contributed by atoms with van der Waals surface area (Å²) in [4.78, 5) is 30.2. The molecule has 0 spiro atoms. The van der Waals surface area contributed by atoms with Gasteiger partial charge in [-0.05, 0) is 70.4 Å². The van der Waals surface area contributed by atoms with E-state index >= 15 is 0 Å². The Morgan fingerprint density at radius 1 is 1.08 bits per heavy atom. The molecule has 2 heterocycles. The highest BCUT2D eigenvalue weighted by Crippen LogP contribution is 2.56. The number of methoxy groups -OCH3 is 1. The normalized spacial score (nSPS) is 23.2. The predicted octanol–water partition coefficient (Wildman–Crippen LogP) is 6.54. The summed E-state index contributed by atoms with van der Waals surface area (Å²) in [6, 6.07) is 21.1. The summed E-state index contributed by atoms with van der Waals surface area (Å²) in [5, 5.41) is 10.8. The van der Waals surface area contributed by atoms with Gasteiger partial charge in [-0.3, -0.25) is 9.59 Å². The molecule has 1 fully saturated rings. The van der Waals surface area contributed by atoms with Crippen molar-refractivity contribution in [2.75, 3.05) is 18.6 Å². The maximum absolute atomic E-state index is 14.5. The Morgan fingerprint density at radius 3 is 2.47 bits per heavy atom. The monoisotopic (exact) mass is 634 g/mol. The Balaban J connectivity index is 1.79. The number of anilines is 1. The van der Waals surface area contributed by atoms with Gasteiger partial charge in [0.05, 0.1) is 30.3 Å². The number of hydrogen-bond donors (Lipinski definition) is 0. The van der Waals surface area contributed by atoms with Crippen molar-refractivity contribution in [2.24, 2.45) is 5.41 Å². The number of halogens is 2. The van der Waals surface area contributed by atoms with Crippen LogP contribution < -0.4 is 9.64 Å². The zero-order valence-corrected chi connectivity index (χ0v) is 23.9. The smallest absolute Gasteiger partial charge is 0.329 e. The van der Waals surface area contributed by atoms with Crippen LogP contribution in [-0.4, -0.2) is 37.6 Å². The molecular formula is C30H24Br2N2O4. The zero-order chi connectivity index (χ0) is 27.0. The molecule has 0 N–H and O–H groups in total. The second kappa shape index (κ2) is 10.4. The van der Waals surface area contributed by atoms with Gasteiger partial charge in [0, 0.05) is 21.6 Å². The number of ether oxygens (including phenoxy) is 2. The molecule has 0 aliphatic carbocycles. The molecule has 6 nitrogen and oxygen atoms in total. The van der Waals surface area contributed by atoms with E-state index in [-0.39, 0.29) is 12.4 Å². The third-order valence-corrected chi connectivity index (χ3v) is 8.43. The maximum atomic E-state index is 14.5. The molecule has 4 atom stereocenters. The van der Waals surface area contributed by atoms with Crippen molar-refractivity contribution in [3.05, 3.63) is 98.4 Å². The number of esters is 1. The van der Waals surface area contributed by atoms with Crippen LogP contribution in [0.4, 0.5) is 5.69 Å². The third-order valence-electron chi connectivity index (χ3n) is 7.28. The van der Waals surface area contributed by atoms with Crippen molar-refractivity contribution < 1.29 is 19.1 Å². The van der Waals surface area contributed by atoms with E-state index in [9.17, 15) is 14.9 Å². The molecule has 0 saturated carbocycles. The Labute approximate surface area is 238 Å². The fourth-order valence-corrected chi connectivity index (χ4v) is 6.46. The van der Waals surface area contributed by atoms with Gasteiger partial charge < -0.3 is 14.4 Å². The van der Waals surface area contributed by atoms with Crippen LogP contribution in [0.5, 0.6) is 5.75 Å². The number of rotatable bonds is 6. The van der Waals surface area contributed by atoms with Crippen LogP contribution in [-0.2, 0) is 9.53 Å². The maximum Gasteiger partial charge on any atom is 0.329 e. The first-order valence-corrected chi connectivity index (χ1v) is 13.7. The number of Topliss-reactive ketones (excluding diaryl/α,β-unsaturated/α-hetero) is 1. The van der Waals surface area contributed by atoms with Crippen LogP contribution in [0.1, 0.15) is 34.3 Å². The number of benzene rings is 3. The first-order valence-electron chi connectivity index (χ1n) is 12.1. The minimum absolute atomic E-state index is 0.117. The van der Waals surface area contributed by atoms with Gasteiger partial charge in [-0.2, -0.15) is 5.26 Å². The molecule has 5 rings (SSSR count). The molecular weight excluding hydrogens is 612 g/mol. The van der Waals surface area contributed by atoms with Crippen molar-refractivity contribution >= 4 is 55.4 Å². The highest BCUT2D eigenvalue weighted by Gasteiger charge is 2.67. The Morgan fingerprint density at radius 2 is 1.82 bits per heavy atom. The topological polar surface area (TPSA) is 79.6 Å². The molecule has 3 unspecified atom stereocenters. The van der Waals surface area contributed by atoms with Gasteiger partial charge >= 0.3 is 5.97 Å². The SMILES string of the molecule is CCOC(=O)[C@@]1(C#N)C(c2ccc(Br)cc2)C(C(=O)c2ccc(OC)c(Br)c2)N2c3ccccc3C=CC21. The molecule has 38 heavy (non-hydrogen) atoms. The van der Waals surface area contributed by atoms with E-state index in [1.54, 1.807) is 32.2 Å². The standard InChI is InChI=1S/C30H24Br2N2O4/c1-3-38-29(36)30(17-33)25-15-11-18-6-4-5-7-23(18)34(25)27(26(30)19-8-12-21(31)13-9-19)28(35)20-10-14-24(37-2)22(32)16-20/h4-16,25-27H,3H2,1-2H3/t25?,26?,27?,30-/m1/s1. The van der Waals surface area contributed by atoms with Crippen LogP contribution in [0.3, 0.4) is 0 Å². The molecule has 3 aromatic carbocycles. The van der Waals surface area contributed by atoms with E-state index in [0.717, 1.165) is 15.7 Å². The van der Waals surface area contributed by atoms with E-state index in [0.29, 0.717) is 21.3 Å². The summed E-state index contributed by atoms with van der Waals surface area (Å²) in [6.07, 6.45) is 3.77. The number of carbonyl (C=O) groups excluding carboxylic acids is 2. The minimum Gasteiger partial charge on any atom is -0.496 e. The molecule has 1 saturated heterocycles. The second-order valence-electron chi connectivity index (χ2n) is 9.16. The van der Waals surface area contributed by atoms with Crippen molar-refractivity contribution in [1.82, 2.24) is 0 Å². The van der Waals surface area contributed by atoms with E-state index in [4.69, 9.17) is 9.47 Å². The lowest BCUT2D eigenvalue weighted by Gasteiger charge is -2.36. The molecule has 0 amide bonds. The Hall–Kier alpha value is -3.41. The fraction of sp³-hybridized carbons (Fsp3) is 0.233. The lowest BCUT2D eigenvalue weighted by atomic mass is 9.68. The molecule has 2 aliphatic rings. The molecule has 2 aliphatic heterocycles. The highest BCUT2D eigenvalue weighted by molar-refractivity contribution is 9.10. The van der Waals surface area contributed by atoms with Crippen LogP contribution in [0.15, 0.2) is 81.8 Å². The van der Waals surface area contributed by atoms with E-state index in [1.165, 1.54) is 0 Å². The van der Waals surface area contributed by atoms with Gasteiger partial charge in [0.15, 0.2) is 11.2 Å². The quantitative estimate of drug-likeness (QED) is 0.226. The number of para-hydroxylation sites is 1. The Kier molecular flexibility index (Phi) is 7.17. The van der Waals surface area contributed by atoms with E-state index < -0.39 is 29.4 Å². The Bertz CT molecular complexity index is 1480. The molecule has 8 heteroatoms.